The number of benzene rings is 2. The lowest BCUT2D eigenvalue weighted by Crippen LogP contribution is -2.32. The SMILES string of the molecule is CCC(OC(=O)c1ccc2ncoc2c1)C(=O)Nc1ccc(F)cc1. The highest BCUT2D eigenvalue weighted by Gasteiger charge is 2.22. The van der Waals surface area contributed by atoms with E-state index in [2.05, 4.69) is 10.3 Å². The van der Waals surface area contributed by atoms with Crippen LogP contribution in [0.3, 0.4) is 0 Å². The highest BCUT2D eigenvalue weighted by atomic mass is 19.1. The second kappa shape index (κ2) is 7.12. The van der Waals surface area contributed by atoms with Crippen molar-refractivity contribution in [2.24, 2.45) is 0 Å². The van der Waals surface area contributed by atoms with E-state index in [0.717, 1.165) is 0 Å². The maximum Gasteiger partial charge on any atom is 0.339 e. The first-order chi connectivity index (χ1) is 12.1. The molecule has 0 spiro atoms. The number of carbonyl (C=O) groups excluding carboxylic acids is 2. The number of anilines is 1. The average molecular weight is 342 g/mol. The van der Waals surface area contributed by atoms with Crippen LogP contribution < -0.4 is 5.32 Å². The van der Waals surface area contributed by atoms with Gasteiger partial charge in [-0.2, -0.15) is 0 Å². The highest BCUT2D eigenvalue weighted by molar-refractivity contribution is 5.98. The van der Waals surface area contributed by atoms with Crippen molar-refractivity contribution in [1.82, 2.24) is 4.98 Å². The van der Waals surface area contributed by atoms with Gasteiger partial charge in [0.2, 0.25) is 0 Å². The molecule has 1 heterocycles. The largest absolute Gasteiger partial charge is 0.449 e. The van der Waals surface area contributed by atoms with Crippen molar-refractivity contribution in [2.75, 3.05) is 5.32 Å². The molecule has 3 aromatic rings. The number of amides is 1. The molecule has 0 aliphatic rings. The Bertz CT molecular complexity index is 905. The van der Waals surface area contributed by atoms with E-state index in [1.165, 1.54) is 36.7 Å². The van der Waals surface area contributed by atoms with E-state index in [1.807, 2.05) is 0 Å². The van der Waals surface area contributed by atoms with Gasteiger partial charge in [-0.05, 0) is 48.9 Å². The third-order valence-corrected chi connectivity index (χ3v) is 3.59. The zero-order valence-corrected chi connectivity index (χ0v) is 13.4. The fourth-order valence-corrected chi connectivity index (χ4v) is 2.26. The zero-order chi connectivity index (χ0) is 17.8. The van der Waals surface area contributed by atoms with Gasteiger partial charge in [0, 0.05) is 5.69 Å². The standard InChI is InChI=1S/C18H15FN2O4/c1-2-15(17(22)21-13-6-4-12(19)5-7-13)25-18(23)11-3-8-14-16(9-11)24-10-20-14/h3-10,15H,2H2,1H3,(H,21,22). The number of hydrogen-bond acceptors (Lipinski definition) is 5. The van der Waals surface area contributed by atoms with E-state index in [4.69, 9.17) is 9.15 Å². The number of esters is 1. The molecule has 2 aromatic carbocycles. The molecule has 1 unspecified atom stereocenters. The Balaban J connectivity index is 1.68. The molecule has 25 heavy (non-hydrogen) atoms. The van der Waals surface area contributed by atoms with Crippen molar-refractivity contribution in [3.63, 3.8) is 0 Å². The molecule has 1 N–H and O–H groups in total. The maximum atomic E-state index is 12.9. The van der Waals surface area contributed by atoms with Crippen LogP contribution in [0.25, 0.3) is 11.1 Å². The van der Waals surface area contributed by atoms with Crippen LogP contribution in [0.15, 0.2) is 53.3 Å². The maximum absolute atomic E-state index is 12.9. The fraction of sp³-hybridized carbons (Fsp3) is 0.167. The molecule has 0 saturated carbocycles. The zero-order valence-electron chi connectivity index (χ0n) is 13.4. The lowest BCUT2D eigenvalue weighted by atomic mass is 10.2. The number of rotatable bonds is 5. The predicted molar refractivity (Wildman–Crippen MR) is 88.5 cm³/mol. The van der Waals surface area contributed by atoms with E-state index >= 15 is 0 Å². The molecule has 3 rings (SSSR count). The number of halogens is 1. The van der Waals surface area contributed by atoms with Crippen molar-refractivity contribution < 1.29 is 23.1 Å². The lowest BCUT2D eigenvalue weighted by molar-refractivity contribution is -0.124. The summed E-state index contributed by atoms with van der Waals surface area (Å²) in [5.74, 6) is -1.53. The van der Waals surface area contributed by atoms with Crippen LogP contribution in [0.2, 0.25) is 0 Å². The Labute approximate surface area is 142 Å². The Morgan fingerprint density at radius 2 is 2.00 bits per heavy atom. The molecule has 0 aliphatic heterocycles. The average Bonchev–Trinajstić information content (AvgIpc) is 3.09. The normalized spacial score (nSPS) is 11.9. The molecule has 0 radical (unpaired) electrons. The number of fused-ring (bicyclic) bond motifs is 1. The predicted octanol–water partition coefficient (Wildman–Crippen LogP) is 3.54. The van der Waals surface area contributed by atoms with Gasteiger partial charge in [0.05, 0.1) is 5.56 Å². The van der Waals surface area contributed by atoms with Crippen LogP contribution in [-0.2, 0) is 9.53 Å². The number of nitrogens with one attached hydrogen (secondary N) is 1. The topological polar surface area (TPSA) is 81.4 Å². The minimum absolute atomic E-state index is 0.261. The Morgan fingerprint density at radius 1 is 1.24 bits per heavy atom. The summed E-state index contributed by atoms with van der Waals surface area (Å²) in [6, 6.07) is 10.0. The molecule has 7 heteroatoms. The van der Waals surface area contributed by atoms with Gasteiger partial charge in [0.25, 0.3) is 5.91 Å². The molecule has 0 aliphatic carbocycles. The van der Waals surface area contributed by atoms with E-state index in [1.54, 1.807) is 19.1 Å². The van der Waals surface area contributed by atoms with E-state index in [9.17, 15) is 14.0 Å². The van der Waals surface area contributed by atoms with Gasteiger partial charge in [-0.3, -0.25) is 4.79 Å². The van der Waals surface area contributed by atoms with Gasteiger partial charge < -0.3 is 14.5 Å². The van der Waals surface area contributed by atoms with Gasteiger partial charge in [0.15, 0.2) is 18.1 Å². The quantitative estimate of drug-likeness (QED) is 0.717. The molecule has 0 saturated heterocycles. The number of nitrogens with zero attached hydrogens (tertiary/aromatic N) is 1. The van der Waals surface area contributed by atoms with E-state index < -0.39 is 23.8 Å². The smallest absolute Gasteiger partial charge is 0.339 e. The summed E-state index contributed by atoms with van der Waals surface area (Å²) < 4.78 is 23.3. The monoisotopic (exact) mass is 342 g/mol. The summed E-state index contributed by atoms with van der Waals surface area (Å²) in [7, 11) is 0. The van der Waals surface area contributed by atoms with Crippen LogP contribution >= 0.6 is 0 Å². The first kappa shape index (κ1) is 16.6. The molecule has 0 fully saturated rings. The van der Waals surface area contributed by atoms with E-state index in [0.29, 0.717) is 23.2 Å². The summed E-state index contributed by atoms with van der Waals surface area (Å²) >= 11 is 0. The molecular formula is C18H15FN2O4. The highest BCUT2D eigenvalue weighted by Crippen LogP contribution is 2.17. The first-order valence-electron chi connectivity index (χ1n) is 7.67. The Hall–Kier alpha value is -3.22. The van der Waals surface area contributed by atoms with Crippen LogP contribution in [0.4, 0.5) is 10.1 Å². The summed E-state index contributed by atoms with van der Waals surface area (Å²) in [6.45, 7) is 1.72. The van der Waals surface area contributed by atoms with E-state index in [-0.39, 0.29) is 5.56 Å². The van der Waals surface area contributed by atoms with Gasteiger partial charge in [-0.15, -0.1) is 0 Å². The summed E-state index contributed by atoms with van der Waals surface area (Å²) in [4.78, 5) is 28.5. The number of aromatic nitrogens is 1. The Kier molecular flexibility index (Phi) is 4.74. The minimum Gasteiger partial charge on any atom is -0.449 e. The molecule has 6 nitrogen and oxygen atoms in total. The summed E-state index contributed by atoms with van der Waals surface area (Å²) in [5, 5.41) is 2.59. The van der Waals surface area contributed by atoms with Gasteiger partial charge in [-0.1, -0.05) is 6.92 Å². The molecular weight excluding hydrogens is 327 g/mol. The van der Waals surface area contributed by atoms with Crippen molar-refractivity contribution in [3.8, 4) is 0 Å². The molecule has 128 valence electrons. The third kappa shape index (κ3) is 3.82. The van der Waals surface area contributed by atoms with Crippen LogP contribution in [-0.4, -0.2) is 23.0 Å². The Morgan fingerprint density at radius 3 is 2.72 bits per heavy atom. The second-order valence-corrected chi connectivity index (χ2v) is 5.33. The van der Waals surface area contributed by atoms with Gasteiger partial charge >= 0.3 is 5.97 Å². The van der Waals surface area contributed by atoms with Crippen molar-refractivity contribution in [2.45, 2.75) is 19.4 Å². The van der Waals surface area contributed by atoms with Crippen molar-refractivity contribution in [3.05, 3.63) is 60.2 Å². The molecule has 1 aromatic heterocycles. The number of oxazole rings is 1. The first-order valence-corrected chi connectivity index (χ1v) is 7.67. The molecule has 0 bridgehead atoms. The van der Waals surface area contributed by atoms with Crippen LogP contribution in [0.1, 0.15) is 23.7 Å². The fourth-order valence-electron chi connectivity index (χ4n) is 2.26. The second-order valence-electron chi connectivity index (χ2n) is 5.33. The minimum atomic E-state index is -0.969. The third-order valence-electron chi connectivity index (χ3n) is 3.59. The van der Waals surface area contributed by atoms with Crippen LogP contribution in [0, 0.1) is 5.82 Å². The van der Waals surface area contributed by atoms with Crippen molar-refractivity contribution in [1.29, 1.82) is 0 Å². The van der Waals surface area contributed by atoms with Gasteiger partial charge in [-0.25, -0.2) is 14.2 Å². The molecule has 1 atom stereocenters. The summed E-state index contributed by atoms with van der Waals surface area (Å²) in [5.41, 5.74) is 1.76. The lowest BCUT2D eigenvalue weighted by Gasteiger charge is -2.16. The number of carbonyl (C=O) groups is 2. The van der Waals surface area contributed by atoms with Gasteiger partial charge in [0.1, 0.15) is 11.3 Å². The number of ether oxygens (including phenoxy) is 1. The number of hydrogen-bond donors (Lipinski definition) is 1. The van der Waals surface area contributed by atoms with Crippen LogP contribution in [0.5, 0.6) is 0 Å². The van der Waals surface area contributed by atoms with Crippen molar-refractivity contribution >= 4 is 28.7 Å². The molecule has 1 amide bonds. The summed E-state index contributed by atoms with van der Waals surface area (Å²) in [6.07, 6.45) is 0.608.